The fourth-order valence-electron chi connectivity index (χ4n) is 2.01. The summed E-state index contributed by atoms with van der Waals surface area (Å²) in [7, 11) is 0. The molecule has 0 heterocycles. The van der Waals surface area contributed by atoms with Gasteiger partial charge in [0.25, 0.3) is 0 Å². The summed E-state index contributed by atoms with van der Waals surface area (Å²) in [5.74, 6) is -1.05. The Kier molecular flexibility index (Phi) is 6.49. The van der Waals surface area contributed by atoms with Crippen molar-refractivity contribution in [2.45, 2.75) is 66.0 Å². The van der Waals surface area contributed by atoms with E-state index in [9.17, 15) is 9.59 Å². The minimum atomic E-state index is -0.893. The number of carbonyl (C=O) groups excluding carboxylic acids is 1. The first-order chi connectivity index (χ1) is 8.48. The molecule has 0 rings (SSSR count). The van der Waals surface area contributed by atoms with Crippen molar-refractivity contribution in [3.05, 3.63) is 0 Å². The highest BCUT2D eigenvalue weighted by molar-refractivity contribution is 5.86. The highest BCUT2D eigenvalue weighted by Crippen LogP contribution is 2.22. The van der Waals surface area contributed by atoms with Gasteiger partial charge in [-0.3, -0.25) is 9.59 Å². The van der Waals surface area contributed by atoms with Crippen molar-refractivity contribution >= 4 is 11.9 Å². The average Bonchev–Trinajstić information content (AvgIpc) is 2.12. The van der Waals surface area contributed by atoms with Crippen LogP contribution in [0.4, 0.5) is 0 Å². The Morgan fingerprint density at radius 3 is 2.05 bits per heavy atom. The van der Waals surface area contributed by atoms with Crippen LogP contribution in [0.25, 0.3) is 0 Å². The Bertz CT molecular complexity index is 319. The number of rotatable bonds is 7. The van der Waals surface area contributed by atoms with Gasteiger partial charge in [0.15, 0.2) is 0 Å². The van der Waals surface area contributed by atoms with E-state index in [-0.39, 0.29) is 23.8 Å². The molecule has 0 aromatic heterocycles. The van der Waals surface area contributed by atoms with Crippen LogP contribution in [0.5, 0.6) is 0 Å². The number of hydrogen-bond donors (Lipinski definition) is 3. The van der Waals surface area contributed by atoms with Gasteiger partial charge >= 0.3 is 5.97 Å². The predicted molar refractivity (Wildman–Crippen MR) is 76.0 cm³/mol. The summed E-state index contributed by atoms with van der Waals surface area (Å²) in [6.07, 6.45) is 0.582. The zero-order valence-corrected chi connectivity index (χ0v) is 13.0. The molecular formula is C14H28N2O3. The van der Waals surface area contributed by atoms with Crippen molar-refractivity contribution < 1.29 is 14.7 Å². The summed E-state index contributed by atoms with van der Waals surface area (Å²) in [4.78, 5) is 23.1. The second-order valence-corrected chi connectivity index (χ2v) is 6.69. The summed E-state index contributed by atoms with van der Waals surface area (Å²) in [6.45, 7) is 12.3. The molecule has 0 saturated heterocycles. The summed E-state index contributed by atoms with van der Waals surface area (Å²) in [6, 6.07) is -0.345. The van der Waals surface area contributed by atoms with E-state index in [4.69, 9.17) is 5.11 Å². The van der Waals surface area contributed by atoms with E-state index in [0.29, 0.717) is 13.0 Å². The first kappa shape index (κ1) is 17.9. The van der Waals surface area contributed by atoms with Gasteiger partial charge in [-0.15, -0.1) is 0 Å². The number of carboxylic acids is 1. The fraction of sp³-hybridized carbons (Fsp3) is 0.857. The molecule has 0 bridgehead atoms. The molecular weight excluding hydrogens is 244 g/mol. The fourth-order valence-corrected chi connectivity index (χ4v) is 2.01. The molecule has 19 heavy (non-hydrogen) atoms. The predicted octanol–water partition coefficient (Wildman–Crippen LogP) is 1.77. The molecule has 1 amide bonds. The van der Waals surface area contributed by atoms with Crippen molar-refractivity contribution in [1.82, 2.24) is 10.6 Å². The number of hydrogen-bond acceptors (Lipinski definition) is 3. The van der Waals surface area contributed by atoms with Crippen molar-refractivity contribution in [1.29, 1.82) is 0 Å². The quantitative estimate of drug-likeness (QED) is 0.660. The molecule has 112 valence electrons. The molecule has 0 radical (unpaired) electrons. The van der Waals surface area contributed by atoms with E-state index in [0.717, 1.165) is 0 Å². The van der Waals surface area contributed by atoms with E-state index in [1.54, 1.807) is 13.8 Å². The molecule has 0 fully saturated rings. The van der Waals surface area contributed by atoms with E-state index >= 15 is 0 Å². The zero-order valence-electron chi connectivity index (χ0n) is 13.0. The molecule has 0 saturated carbocycles. The second kappa shape index (κ2) is 6.89. The van der Waals surface area contributed by atoms with Crippen LogP contribution in [0, 0.1) is 5.41 Å². The summed E-state index contributed by atoms with van der Waals surface area (Å²) >= 11 is 0. The second-order valence-electron chi connectivity index (χ2n) is 6.69. The maximum absolute atomic E-state index is 12.2. The summed E-state index contributed by atoms with van der Waals surface area (Å²) < 4.78 is 0. The minimum Gasteiger partial charge on any atom is -0.481 e. The standard InChI is InChI=1S/C14H28N2O3/c1-7-15-14(5,6)12(19)16-10(8-11(17)18)9-13(2,3)4/h10,15H,7-9H2,1-6H3,(H,16,19)(H,17,18). The lowest BCUT2D eigenvalue weighted by Crippen LogP contribution is -2.55. The number of likely N-dealkylation sites (N-methyl/N-ethyl adjacent to an activating group) is 1. The van der Waals surface area contributed by atoms with Crippen LogP contribution in [0.2, 0.25) is 0 Å². The van der Waals surface area contributed by atoms with Crippen LogP contribution in [0.3, 0.4) is 0 Å². The van der Waals surface area contributed by atoms with Crippen molar-refractivity contribution in [2.24, 2.45) is 5.41 Å². The number of amides is 1. The van der Waals surface area contributed by atoms with Crippen LogP contribution >= 0.6 is 0 Å². The van der Waals surface area contributed by atoms with Crippen molar-refractivity contribution in [2.75, 3.05) is 6.54 Å². The third-order valence-corrected chi connectivity index (χ3v) is 2.80. The van der Waals surface area contributed by atoms with Gasteiger partial charge in [0.1, 0.15) is 0 Å². The van der Waals surface area contributed by atoms with Crippen LogP contribution < -0.4 is 10.6 Å². The molecule has 0 aliphatic carbocycles. The molecule has 0 aliphatic rings. The van der Waals surface area contributed by atoms with Crippen molar-refractivity contribution in [3.8, 4) is 0 Å². The lowest BCUT2D eigenvalue weighted by molar-refractivity contribution is -0.138. The zero-order chi connectivity index (χ0) is 15.3. The maximum Gasteiger partial charge on any atom is 0.305 e. The van der Waals surface area contributed by atoms with Gasteiger partial charge < -0.3 is 15.7 Å². The van der Waals surface area contributed by atoms with Gasteiger partial charge in [-0.1, -0.05) is 27.7 Å². The number of aliphatic carboxylic acids is 1. The van der Waals surface area contributed by atoms with E-state index in [1.807, 2.05) is 27.7 Å². The van der Waals surface area contributed by atoms with Gasteiger partial charge in [0.2, 0.25) is 5.91 Å². The Balaban J connectivity index is 4.72. The highest BCUT2D eigenvalue weighted by Gasteiger charge is 2.30. The largest absolute Gasteiger partial charge is 0.481 e. The Labute approximate surface area is 116 Å². The van der Waals surface area contributed by atoms with Gasteiger partial charge in [0.05, 0.1) is 12.0 Å². The molecule has 0 spiro atoms. The van der Waals surface area contributed by atoms with E-state index < -0.39 is 11.5 Å². The normalized spacial score (nSPS) is 14.0. The van der Waals surface area contributed by atoms with Gasteiger partial charge in [-0.2, -0.15) is 0 Å². The first-order valence-corrected chi connectivity index (χ1v) is 6.75. The molecule has 1 atom stereocenters. The third-order valence-electron chi connectivity index (χ3n) is 2.80. The molecule has 5 heteroatoms. The average molecular weight is 272 g/mol. The van der Waals surface area contributed by atoms with Crippen LogP contribution in [-0.4, -0.2) is 35.1 Å². The van der Waals surface area contributed by atoms with Crippen LogP contribution in [0.1, 0.15) is 54.4 Å². The maximum atomic E-state index is 12.2. The summed E-state index contributed by atoms with van der Waals surface area (Å²) in [5.41, 5.74) is -0.723. The molecule has 0 aliphatic heterocycles. The van der Waals surface area contributed by atoms with Crippen molar-refractivity contribution in [3.63, 3.8) is 0 Å². The number of nitrogens with one attached hydrogen (secondary N) is 2. The smallest absolute Gasteiger partial charge is 0.305 e. The molecule has 1 unspecified atom stereocenters. The Morgan fingerprint density at radius 1 is 1.16 bits per heavy atom. The van der Waals surface area contributed by atoms with E-state index in [2.05, 4.69) is 10.6 Å². The Morgan fingerprint density at radius 2 is 1.68 bits per heavy atom. The molecule has 0 aromatic carbocycles. The molecule has 0 aromatic rings. The lowest BCUT2D eigenvalue weighted by Gasteiger charge is -2.30. The van der Waals surface area contributed by atoms with Crippen LogP contribution in [0.15, 0.2) is 0 Å². The SMILES string of the molecule is CCNC(C)(C)C(=O)NC(CC(=O)O)CC(C)(C)C. The Hall–Kier alpha value is -1.10. The molecule has 5 nitrogen and oxygen atoms in total. The van der Waals surface area contributed by atoms with Crippen LogP contribution in [-0.2, 0) is 9.59 Å². The van der Waals surface area contributed by atoms with Gasteiger partial charge in [-0.25, -0.2) is 0 Å². The van der Waals surface area contributed by atoms with Gasteiger partial charge in [-0.05, 0) is 32.2 Å². The minimum absolute atomic E-state index is 0.0320. The number of carboxylic acid groups (broad SMARTS) is 1. The third kappa shape index (κ3) is 7.82. The highest BCUT2D eigenvalue weighted by atomic mass is 16.4. The van der Waals surface area contributed by atoms with E-state index in [1.165, 1.54) is 0 Å². The molecule has 3 N–H and O–H groups in total. The topological polar surface area (TPSA) is 78.4 Å². The monoisotopic (exact) mass is 272 g/mol. The van der Waals surface area contributed by atoms with Gasteiger partial charge in [0, 0.05) is 6.04 Å². The summed E-state index contributed by atoms with van der Waals surface area (Å²) in [5, 5.41) is 14.9. The number of carbonyl (C=O) groups is 2. The lowest BCUT2D eigenvalue weighted by atomic mass is 9.86. The first-order valence-electron chi connectivity index (χ1n) is 6.75.